The number of hydrogen-bond acceptors (Lipinski definition) is 6. The third kappa shape index (κ3) is 4.00. The zero-order valence-electron chi connectivity index (χ0n) is 16.7. The first kappa shape index (κ1) is 20.3. The predicted octanol–water partition coefficient (Wildman–Crippen LogP) is 2.67. The minimum absolute atomic E-state index is 0.0745. The number of benzene rings is 1. The van der Waals surface area contributed by atoms with Crippen LogP contribution in [0.5, 0.6) is 0 Å². The Morgan fingerprint density at radius 1 is 0.968 bits per heavy atom. The minimum Gasteiger partial charge on any atom is -0.378 e. The highest BCUT2D eigenvalue weighted by molar-refractivity contribution is 6.35. The molecule has 4 heterocycles. The van der Waals surface area contributed by atoms with E-state index in [0.717, 1.165) is 11.3 Å². The van der Waals surface area contributed by atoms with E-state index in [1.165, 1.54) is 0 Å². The van der Waals surface area contributed by atoms with Crippen LogP contribution in [-0.4, -0.2) is 87.9 Å². The van der Waals surface area contributed by atoms with Crippen molar-refractivity contribution in [1.82, 2.24) is 29.4 Å². The summed E-state index contributed by atoms with van der Waals surface area (Å²) in [7, 11) is 0. The maximum Gasteiger partial charge on any atom is 0.320 e. The highest BCUT2D eigenvalue weighted by Crippen LogP contribution is 2.30. The lowest BCUT2D eigenvalue weighted by molar-refractivity contribution is 0.0428. The van der Waals surface area contributed by atoms with Crippen molar-refractivity contribution in [2.24, 2.45) is 0 Å². The molecule has 0 saturated carbocycles. The lowest BCUT2D eigenvalue weighted by Gasteiger charge is -2.38. The molecule has 0 spiro atoms. The zero-order chi connectivity index (χ0) is 21.4. The molecule has 2 fully saturated rings. The summed E-state index contributed by atoms with van der Waals surface area (Å²) in [4.78, 5) is 27.5. The Labute approximate surface area is 189 Å². The van der Waals surface area contributed by atoms with Crippen molar-refractivity contribution in [3.8, 4) is 11.3 Å². The molecule has 5 rings (SSSR count). The maximum atomic E-state index is 12.7. The van der Waals surface area contributed by atoms with E-state index in [4.69, 9.17) is 27.9 Å². The number of piperazine rings is 1. The fraction of sp³-hybridized carbons (Fsp3) is 0.400. The molecule has 0 atom stereocenters. The zero-order valence-corrected chi connectivity index (χ0v) is 18.3. The summed E-state index contributed by atoms with van der Waals surface area (Å²) in [6.07, 6.45) is 1.68. The van der Waals surface area contributed by atoms with Crippen LogP contribution in [0.2, 0.25) is 10.0 Å². The van der Waals surface area contributed by atoms with Gasteiger partial charge in [-0.25, -0.2) is 9.78 Å². The van der Waals surface area contributed by atoms with Crippen LogP contribution in [-0.2, 0) is 4.74 Å². The van der Waals surface area contributed by atoms with E-state index in [0.29, 0.717) is 74.3 Å². The molecule has 31 heavy (non-hydrogen) atoms. The number of aromatic nitrogens is 4. The number of carbonyl (C=O) groups excluding carboxylic acids is 1. The van der Waals surface area contributed by atoms with Gasteiger partial charge in [0.1, 0.15) is 0 Å². The molecule has 0 bridgehead atoms. The van der Waals surface area contributed by atoms with Gasteiger partial charge in [0.2, 0.25) is 5.95 Å². The molecule has 11 heteroatoms. The van der Waals surface area contributed by atoms with Gasteiger partial charge in [0.25, 0.3) is 5.78 Å². The van der Waals surface area contributed by atoms with E-state index in [-0.39, 0.29) is 6.03 Å². The molecule has 3 aromatic rings. The average Bonchev–Trinajstić information content (AvgIpc) is 3.25. The van der Waals surface area contributed by atoms with E-state index in [1.54, 1.807) is 28.9 Å². The SMILES string of the molecule is O=C(N1CCOCC1)N1CCN(c2nc3nccc(-c4cc(Cl)ccc4Cl)n3n2)CC1. The molecule has 0 aliphatic carbocycles. The van der Waals surface area contributed by atoms with Gasteiger partial charge in [-0.3, -0.25) is 0 Å². The van der Waals surface area contributed by atoms with Crippen LogP contribution in [0, 0.1) is 0 Å². The van der Waals surface area contributed by atoms with E-state index in [9.17, 15) is 4.79 Å². The number of fused-ring (bicyclic) bond motifs is 1. The Hall–Kier alpha value is -2.62. The summed E-state index contributed by atoms with van der Waals surface area (Å²) >= 11 is 12.6. The fourth-order valence-corrected chi connectivity index (χ4v) is 4.25. The van der Waals surface area contributed by atoms with Crippen molar-refractivity contribution in [2.45, 2.75) is 0 Å². The number of hydrogen-bond donors (Lipinski definition) is 0. The van der Waals surface area contributed by atoms with Crippen molar-refractivity contribution in [3.05, 3.63) is 40.5 Å². The molecular weight excluding hydrogens is 441 g/mol. The highest BCUT2D eigenvalue weighted by Gasteiger charge is 2.28. The van der Waals surface area contributed by atoms with Gasteiger partial charge in [-0.1, -0.05) is 23.2 Å². The van der Waals surface area contributed by atoms with Gasteiger partial charge in [0.15, 0.2) is 0 Å². The van der Waals surface area contributed by atoms with Crippen LogP contribution in [0.3, 0.4) is 0 Å². The van der Waals surface area contributed by atoms with E-state index in [2.05, 4.69) is 20.0 Å². The second-order valence-electron chi connectivity index (χ2n) is 7.43. The Kier molecular flexibility index (Phi) is 5.56. The molecule has 2 aliphatic heterocycles. The lowest BCUT2D eigenvalue weighted by atomic mass is 10.1. The Morgan fingerprint density at radius 3 is 2.48 bits per heavy atom. The molecule has 162 valence electrons. The number of amides is 2. The molecule has 2 amide bonds. The Bertz CT molecular complexity index is 1110. The van der Waals surface area contributed by atoms with Crippen molar-refractivity contribution in [1.29, 1.82) is 0 Å². The van der Waals surface area contributed by atoms with Crippen molar-refractivity contribution >= 4 is 41.0 Å². The van der Waals surface area contributed by atoms with Gasteiger partial charge in [-0.05, 0) is 24.3 Å². The second-order valence-corrected chi connectivity index (χ2v) is 8.28. The minimum atomic E-state index is 0.0745. The van der Waals surface area contributed by atoms with Crippen LogP contribution in [0.25, 0.3) is 17.0 Å². The van der Waals surface area contributed by atoms with Crippen LogP contribution in [0.4, 0.5) is 10.7 Å². The largest absolute Gasteiger partial charge is 0.378 e. The fourth-order valence-electron chi connectivity index (χ4n) is 3.87. The van der Waals surface area contributed by atoms with Crippen molar-refractivity contribution in [2.75, 3.05) is 57.4 Å². The Morgan fingerprint density at radius 2 is 1.71 bits per heavy atom. The maximum absolute atomic E-state index is 12.7. The third-order valence-electron chi connectivity index (χ3n) is 5.55. The highest BCUT2D eigenvalue weighted by atomic mass is 35.5. The van der Waals surface area contributed by atoms with Gasteiger partial charge in [-0.2, -0.15) is 9.50 Å². The summed E-state index contributed by atoms with van der Waals surface area (Å²) in [5.41, 5.74) is 1.52. The number of halogens is 2. The molecule has 2 aliphatic rings. The second kappa shape index (κ2) is 8.49. The monoisotopic (exact) mass is 461 g/mol. The molecule has 2 saturated heterocycles. The summed E-state index contributed by atoms with van der Waals surface area (Å²) in [5, 5.41) is 5.84. The van der Waals surface area contributed by atoms with E-state index < -0.39 is 0 Å². The van der Waals surface area contributed by atoms with Gasteiger partial charge in [-0.15, -0.1) is 5.10 Å². The van der Waals surface area contributed by atoms with Gasteiger partial charge >= 0.3 is 6.03 Å². The first-order valence-electron chi connectivity index (χ1n) is 10.1. The molecule has 2 aromatic heterocycles. The van der Waals surface area contributed by atoms with Gasteiger partial charge in [0, 0.05) is 56.1 Å². The first-order chi connectivity index (χ1) is 15.1. The number of morpholine rings is 1. The van der Waals surface area contributed by atoms with E-state index in [1.807, 2.05) is 15.9 Å². The normalized spacial score (nSPS) is 17.4. The standard InChI is InChI=1S/C20H21Cl2N7O2/c21-14-1-2-16(22)15(13-14)17-3-4-23-18-24-19(25-29(17)18)26-5-7-27(8-6-26)20(30)28-9-11-31-12-10-28/h1-4,13H,5-12H2. The Balaban J connectivity index is 1.35. The lowest BCUT2D eigenvalue weighted by Crippen LogP contribution is -2.55. The summed E-state index contributed by atoms with van der Waals surface area (Å²) < 4.78 is 7.01. The first-order valence-corrected chi connectivity index (χ1v) is 10.9. The van der Waals surface area contributed by atoms with Gasteiger partial charge < -0.3 is 19.4 Å². The van der Waals surface area contributed by atoms with Gasteiger partial charge in [0.05, 0.1) is 23.9 Å². The summed E-state index contributed by atoms with van der Waals surface area (Å²) in [6, 6.07) is 7.22. The van der Waals surface area contributed by atoms with Crippen molar-refractivity contribution in [3.63, 3.8) is 0 Å². The van der Waals surface area contributed by atoms with Crippen LogP contribution < -0.4 is 4.90 Å². The smallest absolute Gasteiger partial charge is 0.320 e. The van der Waals surface area contributed by atoms with E-state index >= 15 is 0 Å². The molecule has 0 N–H and O–H groups in total. The number of urea groups is 1. The quantitative estimate of drug-likeness (QED) is 0.583. The number of ether oxygens (including phenoxy) is 1. The van der Waals surface area contributed by atoms with Crippen LogP contribution in [0.15, 0.2) is 30.5 Å². The molecular formula is C20H21Cl2N7O2. The van der Waals surface area contributed by atoms with Crippen LogP contribution in [0.1, 0.15) is 0 Å². The topological polar surface area (TPSA) is 79.1 Å². The molecule has 1 aromatic carbocycles. The van der Waals surface area contributed by atoms with Crippen LogP contribution >= 0.6 is 23.2 Å². The number of anilines is 1. The van der Waals surface area contributed by atoms with Crippen molar-refractivity contribution < 1.29 is 9.53 Å². The third-order valence-corrected chi connectivity index (χ3v) is 6.11. The molecule has 0 radical (unpaired) electrons. The number of carbonyl (C=O) groups is 1. The average molecular weight is 462 g/mol. The summed E-state index contributed by atoms with van der Waals surface area (Å²) in [5.74, 6) is 1.06. The molecule has 0 unspecified atom stereocenters. The predicted molar refractivity (Wildman–Crippen MR) is 118 cm³/mol. The molecule has 9 nitrogen and oxygen atoms in total. The number of nitrogens with zero attached hydrogens (tertiary/aromatic N) is 7. The summed E-state index contributed by atoms with van der Waals surface area (Å²) in [6.45, 7) is 5.03. The number of rotatable bonds is 2.